The Balaban J connectivity index is 2.16. The number of hydrogen-bond donors (Lipinski definition) is 1. The third-order valence-corrected chi connectivity index (χ3v) is 3.79. The molecular formula is C18H20INO3. The van der Waals surface area contributed by atoms with Crippen LogP contribution >= 0.6 is 22.6 Å². The Morgan fingerprint density at radius 3 is 2.43 bits per heavy atom. The first-order chi connectivity index (χ1) is 11.1. The van der Waals surface area contributed by atoms with Crippen molar-refractivity contribution in [3.8, 4) is 11.5 Å². The summed E-state index contributed by atoms with van der Waals surface area (Å²) in [6.45, 7) is 5.09. The maximum atomic E-state index is 12.4. The fourth-order valence-electron chi connectivity index (χ4n) is 1.99. The first-order valence-corrected chi connectivity index (χ1v) is 8.68. The predicted octanol–water partition coefficient (Wildman–Crippen LogP) is 4.73. The lowest BCUT2D eigenvalue weighted by atomic mass is 10.2. The van der Waals surface area contributed by atoms with Gasteiger partial charge in [-0.15, -0.1) is 0 Å². The highest BCUT2D eigenvalue weighted by molar-refractivity contribution is 14.1. The number of nitrogens with one attached hydrogen (secondary N) is 1. The summed E-state index contributed by atoms with van der Waals surface area (Å²) in [7, 11) is 0. The molecule has 23 heavy (non-hydrogen) atoms. The van der Waals surface area contributed by atoms with Crippen LogP contribution < -0.4 is 14.8 Å². The molecular weight excluding hydrogens is 405 g/mol. The van der Waals surface area contributed by atoms with Gasteiger partial charge in [0.15, 0.2) is 11.5 Å². The van der Waals surface area contributed by atoms with Crippen LogP contribution in [0.15, 0.2) is 42.5 Å². The summed E-state index contributed by atoms with van der Waals surface area (Å²) < 4.78 is 12.4. The Morgan fingerprint density at radius 2 is 1.78 bits per heavy atom. The second-order valence-corrected chi connectivity index (χ2v) is 6.15. The lowest BCUT2D eigenvalue weighted by Gasteiger charge is -2.13. The second kappa shape index (κ2) is 8.76. The highest BCUT2D eigenvalue weighted by Crippen LogP contribution is 2.29. The molecule has 2 rings (SSSR count). The summed E-state index contributed by atoms with van der Waals surface area (Å²) in [6, 6.07) is 12.9. The molecule has 0 atom stereocenters. The van der Waals surface area contributed by atoms with Gasteiger partial charge in [0.25, 0.3) is 5.91 Å². The van der Waals surface area contributed by atoms with Gasteiger partial charge in [-0.25, -0.2) is 0 Å². The molecule has 0 spiro atoms. The molecule has 0 aromatic heterocycles. The quantitative estimate of drug-likeness (QED) is 0.653. The van der Waals surface area contributed by atoms with Crippen LogP contribution in [0.5, 0.6) is 11.5 Å². The molecule has 0 radical (unpaired) electrons. The lowest BCUT2D eigenvalue weighted by Crippen LogP contribution is -2.12. The molecule has 0 unspecified atom stereocenters. The van der Waals surface area contributed by atoms with Crippen molar-refractivity contribution in [2.75, 3.05) is 18.5 Å². The summed E-state index contributed by atoms with van der Waals surface area (Å²) in [6.07, 6.45) is 0.917. The smallest absolute Gasteiger partial charge is 0.255 e. The molecule has 0 saturated heterocycles. The summed E-state index contributed by atoms with van der Waals surface area (Å²) in [5.41, 5.74) is 1.30. The SMILES string of the molecule is CCCOc1ccc(C(=O)Nc2ccc(I)cc2)cc1OCC. The molecule has 0 bridgehead atoms. The number of anilines is 1. The molecule has 1 amide bonds. The van der Waals surface area contributed by atoms with Crippen molar-refractivity contribution in [3.05, 3.63) is 51.6 Å². The molecule has 0 aliphatic heterocycles. The standard InChI is InChI=1S/C18H20INO3/c1-3-11-23-16-10-5-13(12-17(16)22-4-2)18(21)20-15-8-6-14(19)7-9-15/h5-10,12H,3-4,11H2,1-2H3,(H,20,21). The molecule has 0 aliphatic carbocycles. The third-order valence-electron chi connectivity index (χ3n) is 3.07. The van der Waals surface area contributed by atoms with Gasteiger partial charge in [-0.3, -0.25) is 4.79 Å². The minimum absolute atomic E-state index is 0.172. The molecule has 2 aromatic carbocycles. The zero-order valence-electron chi connectivity index (χ0n) is 13.3. The van der Waals surface area contributed by atoms with Crippen molar-refractivity contribution in [2.45, 2.75) is 20.3 Å². The van der Waals surface area contributed by atoms with E-state index in [9.17, 15) is 4.79 Å². The summed E-state index contributed by atoms with van der Waals surface area (Å²) >= 11 is 2.23. The number of carbonyl (C=O) groups excluding carboxylic acids is 1. The predicted molar refractivity (Wildman–Crippen MR) is 101 cm³/mol. The van der Waals surface area contributed by atoms with Crippen LogP contribution in [0.2, 0.25) is 0 Å². The zero-order valence-corrected chi connectivity index (χ0v) is 15.4. The van der Waals surface area contributed by atoms with Crippen molar-refractivity contribution in [3.63, 3.8) is 0 Å². The van der Waals surface area contributed by atoms with Gasteiger partial charge in [0, 0.05) is 14.8 Å². The molecule has 5 heteroatoms. The monoisotopic (exact) mass is 425 g/mol. The average Bonchev–Trinajstić information content (AvgIpc) is 2.56. The minimum Gasteiger partial charge on any atom is -0.490 e. The number of hydrogen-bond acceptors (Lipinski definition) is 3. The van der Waals surface area contributed by atoms with Gasteiger partial charge < -0.3 is 14.8 Å². The van der Waals surface area contributed by atoms with Gasteiger partial charge in [0.1, 0.15) is 0 Å². The van der Waals surface area contributed by atoms with E-state index in [1.807, 2.05) is 38.1 Å². The number of halogens is 1. The molecule has 2 aromatic rings. The summed E-state index contributed by atoms with van der Waals surface area (Å²) in [5.74, 6) is 1.09. The highest BCUT2D eigenvalue weighted by Gasteiger charge is 2.12. The van der Waals surface area contributed by atoms with Crippen LogP contribution in [0.3, 0.4) is 0 Å². The van der Waals surface area contributed by atoms with Crippen LogP contribution in [-0.4, -0.2) is 19.1 Å². The number of ether oxygens (including phenoxy) is 2. The van der Waals surface area contributed by atoms with Gasteiger partial charge in [0.2, 0.25) is 0 Å². The zero-order chi connectivity index (χ0) is 16.7. The number of amides is 1. The highest BCUT2D eigenvalue weighted by atomic mass is 127. The maximum Gasteiger partial charge on any atom is 0.255 e. The van der Waals surface area contributed by atoms with Crippen molar-refractivity contribution in [2.24, 2.45) is 0 Å². The number of benzene rings is 2. The van der Waals surface area contributed by atoms with E-state index in [4.69, 9.17) is 9.47 Å². The molecule has 0 fully saturated rings. The molecule has 1 N–H and O–H groups in total. The normalized spacial score (nSPS) is 10.2. The Labute approximate surface area is 150 Å². The van der Waals surface area contributed by atoms with E-state index >= 15 is 0 Å². The van der Waals surface area contributed by atoms with Crippen molar-refractivity contribution < 1.29 is 14.3 Å². The largest absolute Gasteiger partial charge is 0.490 e. The van der Waals surface area contributed by atoms with E-state index < -0.39 is 0 Å². The fourth-order valence-corrected chi connectivity index (χ4v) is 2.34. The van der Waals surface area contributed by atoms with Crippen LogP contribution in [-0.2, 0) is 0 Å². The van der Waals surface area contributed by atoms with Gasteiger partial charge in [-0.1, -0.05) is 6.92 Å². The van der Waals surface area contributed by atoms with Gasteiger partial charge in [-0.05, 0) is 78.4 Å². The molecule has 0 heterocycles. The number of rotatable bonds is 7. The van der Waals surface area contributed by atoms with Gasteiger partial charge in [-0.2, -0.15) is 0 Å². The lowest BCUT2D eigenvalue weighted by molar-refractivity contribution is 0.102. The van der Waals surface area contributed by atoms with Crippen LogP contribution in [0.4, 0.5) is 5.69 Å². The Morgan fingerprint density at radius 1 is 1.04 bits per heavy atom. The average molecular weight is 425 g/mol. The molecule has 4 nitrogen and oxygen atoms in total. The van der Waals surface area contributed by atoms with Crippen molar-refractivity contribution >= 4 is 34.2 Å². The van der Waals surface area contributed by atoms with E-state index in [2.05, 4.69) is 27.9 Å². The molecule has 122 valence electrons. The Hall–Kier alpha value is -1.76. The van der Waals surface area contributed by atoms with Crippen LogP contribution in [0.1, 0.15) is 30.6 Å². The van der Waals surface area contributed by atoms with Crippen LogP contribution in [0, 0.1) is 3.57 Å². The molecule has 0 aliphatic rings. The fraction of sp³-hybridized carbons (Fsp3) is 0.278. The van der Waals surface area contributed by atoms with Crippen molar-refractivity contribution in [1.82, 2.24) is 0 Å². The Bertz CT molecular complexity index is 656. The minimum atomic E-state index is -0.172. The summed E-state index contributed by atoms with van der Waals surface area (Å²) in [5, 5.41) is 2.88. The first-order valence-electron chi connectivity index (χ1n) is 7.60. The first kappa shape index (κ1) is 17.6. The Kier molecular flexibility index (Phi) is 6.70. The van der Waals surface area contributed by atoms with Gasteiger partial charge in [0.05, 0.1) is 13.2 Å². The second-order valence-electron chi connectivity index (χ2n) is 4.90. The molecule has 0 saturated carbocycles. The number of carbonyl (C=O) groups is 1. The van der Waals surface area contributed by atoms with E-state index in [0.29, 0.717) is 30.3 Å². The van der Waals surface area contributed by atoms with E-state index in [0.717, 1.165) is 15.7 Å². The summed E-state index contributed by atoms with van der Waals surface area (Å²) in [4.78, 5) is 12.4. The maximum absolute atomic E-state index is 12.4. The van der Waals surface area contributed by atoms with Gasteiger partial charge >= 0.3 is 0 Å². The van der Waals surface area contributed by atoms with E-state index in [1.54, 1.807) is 18.2 Å². The van der Waals surface area contributed by atoms with Crippen LogP contribution in [0.25, 0.3) is 0 Å². The van der Waals surface area contributed by atoms with E-state index in [-0.39, 0.29) is 5.91 Å². The topological polar surface area (TPSA) is 47.6 Å². The van der Waals surface area contributed by atoms with Crippen molar-refractivity contribution in [1.29, 1.82) is 0 Å². The van der Waals surface area contributed by atoms with E-state index in [1.165, 1.54) is 0 Å². The third kappa shape index (κ3) is 5.13.